The average molecular weight is 388 g/mol. The van der Waals surface area contributed by atoms with E-state index < -0.39 is 0 Å². The summed E-state index contributed by atoms with van der Waals surface area (Å²) in [6, 6.07) is 10.2. The van der Waals surface area contributed by atoms with Crippen LogP contribution in [0, 0.1) is 12.7 Å². The molecule has 2 rings (SSSR count). The van der Waals surface area contributed by atoms with Crippen molar-refractivity contribution in [2.75, 3.05) is 0 Å². The van der Waals surface area contributed by atoms with Crippen molar-refractivity contribution in [1.29, 1.82) is 0 Å². The molecule has 1 atom stereocenters. The summed E-state index contributed by atoms with van der Waals surface area (Å²) in [5, 5.41) is 0. The predicted octanol–water partition coefficient (Wildman–Crippen LogP) is 4.21. The summed E-state index contributed by atoms with van der Waals surface area (Å²) < 4.78 is 15.3. The van der Waals surface area contributed by atoms with E-state index in [1.165, 1.54) is 12.1 Å². The molecular weight excluding hydrogens is 375 g/mol. The van der Waals surface area contributed by atoms with Gasteiger partial charge in [0.25, 0.3) is 0 Å². The Bertz CT molecular complexity index is 550. The van der Waals surface area contributed by atoms with Gasteiger partial charge in [-0.05, 0) is 53.9 Å². The molecule has 0 aliphatic heterocycles. The minimum atomic E-state index is -0.275. The summed E-state index contributed by atoms with van der Waals surface area (Å²) in [7, 11) is 0. The van der Waals surface area contributed by atoms with E-state index in [1.54, 1.807) is 6.07 Å². The zero-order valence-corrected chi connectivity index (χ0v) is 13.4. The Hall–Kier alpha value is -0.750. The molecular formula is C14H13Br2FN2. The van der Waals surface area contributed by atoms with E-state index in [1.807, 2.05) is 25.1 Å². The van der Waals surface area contributed by atoms with Crippen molar-refractivity contribution in [2.45, 2.75) is 13.0 Å². The highest BCUT2D eigenvalue weighted by atomic mass is 79.9. The molecule has 0 amide bonds. The van der Waals surface area contributed by atoms with Crippen LogP contribution in [0.15, 0.2) is 45.3 Å². The van der Waals surface area contributed by atoms with Gasteiger partial charge in [-0.1, -0.05) is 37.9 Å². The topological polar surface area (TPSA) is 38.0 Å². The molecule has 0 bridgehead atoms. The molecule has 100 valence electrons. The van der Waals surface area contributed by atoms with E-state index in [9.17, 15) is 4.39 Å². The summed E-state index contributed by atoms with van der Waals surface area (Å²) in [4.78, 5) is 0. The van der Waals surface area contributed by atoms with Crippen molar-refractivity contribution in [2.24, 2.45) is 5.84 Å². The van der Waals surface area contributed by atoms with Crippen molar-refractivity contribution in [3.8, 4) is 0 Å². The number of rotatable bonds is 3. The first-order chi connectivity index (χ1) is 9.02. The van der Waals surface area contributed by atoms with Gasteiger partial charge >= 0.3 is 0 Å². The lowest BCUT2D eigenvalue weighted by Gasteiger charge is -2.20. The van der Waals surface area contributed by atoms with Crippen LogP contribution in [0.4, 0.5) is 4.39 Å². The van der Waals surface area contributed by atoms with Gasteiger partial charge in [-0.2, -0.15) is 0 Å². The standard InChI is InChI=1S/C14H13Br2FN2/c1-8-2-4-10(17)7-11(8)14(19-18)12-6-9(15)3-5-13(12)16/h2-7,14,19H,18H2,1H3. The van der Waals surface area contributed by atoms with Gasteiger partial charge in [-0.3, -0.25) is 5.84 Å². The van der Waals surface area contributed by atoms with E-state index in [0.29, 0.717) is 0 Å². The summed E-state index contributed by atoms with van der Waals surface area (Å²) in [5.74, 6) is 5.39. The lowest BCUT2D eigenvalue weighted by atomic mass is 9.95. The second-order valence-electron chi connectivity index (χ2n) is 4.27. The van der Waals surface area contributed by atoms with Gasteiger partial charge in [-0.25, -0.2) is 9.82 Å². The largest absolute Gasteiger partial charge is 0.271 e. The Morgan fingerprint density at radius 2 is 1.84 bits per heavy atom. The molecule has 0 fully saturated rings. The van der Waals surface area contributed by atoms with Crippen molar-refractivity contribution >= 4 is 31.9 Å². The summed E-state index contributed by atoms with van der Waals surface area (Å²) >= 11 is 6.94. The number of benzene rings is 2. The SMILES string of the molecule is Cc1ccc(F)cc1C(NN)c1cc(Br)ccc1Br. The highest BCUT2D eigenvalue weighted by molar-refractivity contribution is 9.11. The van der Waals surface area contributed by atoms with Gasteiger partial charge in [0, 0.05) is 8.95 Å². The zero-order chi connectivity index (χ0) is 14.0. The molecule has 0 aromatic heterocycles. The lowest BCUT2D eigenvalue weighted by Crippen LogP contribution is -2.29. The Kier molecular flexibility index (Phi) is 4.73. The minimum Gasteiger partial charge on any atom is -0.271 e. The van der Waals surface area contributed by atoms with Crippen LogP contribution < -0.4 is 11.3 Å². The average Bonchev–Trinajstić information content (AvgIpc) is 2.38. The van der Waals surface area contributed by atoms with Gasteiger partial charge < -0.3 is 0 Å². The number of halogens is 3. The second-order valence-corrected chi connectivity index (χ2v) is 6.04. The van der Waals surface area contributed by atoms with E-state index in [4.69, 9.17) is 5.84 Å². The molecule has 3 N–H and O–H groups in total. The lowest BCUT2D eigenvalue weighted by molar-refractivity contribution is 0.601. The van der Waals surface area contributed by atoms with Crippen LogP contribution in [0.3, 0.4) is 0 Å². The molecule has 0 aliphatic carbocycles. The quantitative estimate of drug-likeness (QED) is 0.611. The van der Waals surface area contributed by atoms with Gasteiger partial charge in [0.05, 0.1) is 6.04 Å². The van der Waals surface area contributed by atoms with Gasteiger partial charge in [0.2, 0.25) is 0 Å². The minimum absolute atomic E-state index is 0.271. The number of aryl methyl sites for hydroxylation is 1. The van der Waals surface area contributed by atoms with Crippen molar-refractivity contribution in [3.05, 3.63) is 67.9 Å². The van der Waals surface area contributed by atoms with Crippen LogP contribution in [0.25, 0.3) is 0 Å². The summed E-state index contributed by atoms with van der Waals surface area (Å²) in [6.45, 7) is 1.94. The number of nitrogens with one attached hydrogen (secondary N) is 1. The number of hydrogen-bond donors (Lipinski definition) is 2. The normalized spacial score (nSPS) is 12.5. The van der Waals surface area contributed by atoms with Crippen LogP contribution >= 0.6 is 31.9 Å². The number of hydrogen-bond acceptors (Lipinski definition) is 2. The Morgan fingerprint density at radius 1 is 1.11 bits per heavy atom. The second kappa shape index (κ2) is 6.13. The van der Waals surface area contributed by atoms with E-state index in [2.05, 4.69) is 37.3 Å². The molecule has 5 heteroatoms. The third-order valence-electron chi connectivity index (χ3n) is 2.99. The van der Waals surface area contributed by atoms with Gasteiger partial charge in [0.1, 0.15) is 5.82 Å². The highest BCUT2D eigenvalue weighted by Gasteiger charge is 2.18. The third kappa shape index (κ3) is 3.23. The fourth-order valence-electron chi connectivity index (χ4n) is 2.01. The highest BCUT2D eigenvalue weighted by Crippen LogP contribution is 2.32. The summed E-state index contributed by atoms with van der Waals surface area (Å²) in [5.41, 5.74) is 5.51. The smallest absolute Gasteiger partial charge is 0.123 e. The van der Waals surface area contributed by atoms with Gasteiger partial charge in [0.15, 0.2) is 0 Å². The van der Waals surface area contributed by atoms with E-state index in [-0.39, 0.29) is 11.9 Å². The maximum atomic E-state index is 13.4. The predicted molar refractivity (Wildman–Crippen MR) is 82.1 cm³/mol. The molecule has 0 saturated heterocycles. The molecule has 0 radical (unpaired) electrons. The van der Waals surface area contributed by atoms with Crippen LogP contribution in [0.2, 0.25) is 0 Å². The molecule has 0 spiro atoms. The molecule has 0 aliphatic rings. The Morgan fingerprint density at radius 3 is 2.53 bits per heavy atom. The van der Waals surface area contributed by atoms with Crippen molar-refractivity contribution in [1.82, 2.24) is 5.43 Å². The number of nitrogens with two attached hydrogens (primary N) is 1. The maximum absolute atomic E-state index is 13.4. The zero-order valence-electron chi connectivity index (χ0n) is 10.3. The van der Waals surface area contributed by atoms with Crippen LogP contribution in [-0.4, -0.2) is 0 Å². The first kappa shape index (κ1) is 14.7. The van der Waals surface area contributed by atoms with Crippen LogP contribution in [0.5, 0.6) is 0 Å². The number of hydrazine groups is 1. The molecule has 1 unspecified atom stereocenters. The molecule has 19 heavy (non-hydrogen) atoms. The first-order valence-electron chi connectivity index (χ1n) is 5.70. The van der Waals surface area contributed by atoms with Crippen molar-refractivity contribution < 1.29 is 4.39 Å². The van der Waals surface area contributed by atoms with Crippen LogP contribution in [0.1, 0.15) is 22.7 Å². The van der Waals surface area contributed by atoms with Crippen LogP contribution in [-0.2, 0) is 0 Å². The monoisotopic (exact) mass is 386 g/mol. The van der Waals surface area contributed by atoms with Crippen molar-refractivity contribution in [3.63, 3.8) is 0 Å². The molecule has 0 heterocycles. The first-order valence-corrected chi connectivity index (χ1v) is 7.28. The van der Waals surface area contributed by atoms with E-state index in [0.717, 1.165) is 25.6 Å². The van der Waals surface area contributed by atoms with Gasteiger partial charge in [-0.15, -0.1) is 0 Å². The maximum Gasteiger partial charge on any atom is 0.123 e. The Labute approximate surface area is 128 Å². The fourth-order valence-corrected chi connectivity index (χ4v) is 2.86. The Balaban J connectivity index is 2.55. The van der Waals surface area contributed by atoms with E-state index >= 15 is 0 Å². The summed E-state index contributed by atoms with van der Waals surface area (Å²) in [6.07, 6.45) is 0. The molecule has 0 saturated carbocycles. The molecule has 2 nitrogen and oxygen atoms in total. The molecule has 2 aromatic rings. The third-order valence-corrected chi connectivity index (χ3v) is 4.20. The fraction of sp³-hybridized carbons (Fsp3) is 0.143. The molecule has 2 aromatic carbocycles.